The average Bonchev–Trinajstić information content (AvgIpc) is 2.72. The summed E-state index contributed by atoms with van der Waals surface area (Å²) < 4.78 is 0. The van der Waals surface area contributed by atoms with E-state index in [1.165, 1.54) is 0 Å². The molecule has 0 aliphatic carbocycles. The number of nitrogens with zero attached hydrogens (tertiary/aromatic N) is 2. The van der Waals surface area contributed by atoms with Crippen molar-refractivity contribution in [1.29, 1.82) is 0 Å². The van der Waals surface area contributed by atoms with Crippen molar-refractivity contribution in [2.75, 3.05) is 6.54 Å². The van der Waals surface area contributed by atoms with Gasteiger partial charge in [-0.2, -0.15) is 0 Å². The van der Waals surface area contributed by atoms with Gasteiger partial charge in [0.15, 0.2) is 5.78 Å². The molecular weight excluding hydrogens is 252 g/mol. The summed E-state index contributed by atoms with van der Waals surface area (Å²) in [6, 6.07) is 9.82. The highest BCUT2D eigenvalue weighted by atomic mass is 16.2. The lowest BCUT2D eigenvalue weighted by molar-refractivity contribution is -0.166. The Labute approximate surface area is 119 Å². The molecular formula is C16H20N2O2. The molecule has 1 aromatic rings. The summed E-state index contributed by atoms with van der Waals surface area (Å²) >= 11 is 0. The van der Waals surface area contributed by atoms with Crippen LogP contribution >= 0.6 is 0 Å². The molecule has 0 saturated carbocycles. The van der Waals surface area contributed by atoms with Crippen LogP contribution in [0, 0.1) is 5.41 Å². The summed E-state index contributed by atoms with van der Waals surface area (Å²) in [5, 5.41) is 3.76. The molecule has 1 atom stereocenters. The lowest BCUT2D eigenvalue weighted by Gasteiger charge is -2.39. The van der Waals surface area contributed by atoms with Gasteiger partial charge in [-0.3, -0.25) is 14.6 Å². The molecule has 4 nitrogen and oxygen atoms in total. The summed E-state index contributed by atoms with van der Waals surface area (Å²) in [4.78, 5) is 24.3. The number of amides is 1. The standard InChI is InChI=1S/C16H20N2O2/c1-16(2)9-13-14(19)8-15(20)17(18(13)11-16)10-12-6-4-3-5-7-12/h3-7,13H,8-11H2,1-2H3/t13-/m0/s1. The minimum Gasteiger partial charge on any atom is -0.297 e. The fourth-order valence-electron chi connectivity index (χ4n) is 3.21. The van der Waals surface area contributed by atoms with E-state index < -0.39 is 0 Å². The first kappa shape index (κ1) is 13.3. The minimum absolute atomic E-state index is 0.0457. The molecule has 2 aliphatic heterocycles. The zero-order chi connectivity index (χ0) is 14.3. The molecule has 1 aromatic carbocycles. The van der Waals surface area contributed by atoms with Crippen molar-refractivity contribution in [3.8, 4) is 0 Å². The zero-order valence-corrected chi connectivity index (χ0v) is 12.0. The molecule has 2 aliphatic rings. The largest absolute Gasteiger partial charge is 0.297 e. The third-order valence-corrected chi connectivity index (χ3v) is 4.17. The monoisotopic (exact) mass is 272 g/mol. The number of benzene rings is 1. The van der Waals surface area contributed by atoms with Crippen LogP contribution in [0.2, 0.25) is 0 Å². The highest BCUT2D eigenvalue weighted by molar-refractivity contribution is 6.02. The number of fused-ring (bicyclic) bond motifs is 1. The van der Waals surface area contributed by atoms with Gasteiger partial charge < -0.3 is 0 Å². The lowest BCUT2D eigenvalue weighted by atomic mass is 9.89. The van der Waals surface area contributed by atoms with Crippen molar-refractivity contribution in [3.63, 3.8) is 0 Å². The van der Waals surface area contributed by atoms with Crippen LogP contribution in [0.25, 0.3) is 0 Å². The normalized spacial score (nSPS) is 25.9. The van der Waals surface area contributed by atoms with E-state index in [1.807, 2.05) is 35.3 Å². The number of rotatable bonds is 2. The van der Waals surface area contributed by atoms with Crippen molar-refractivity contribution < 1.29 is 9.59 Å². The fourth-order valence-corrected chi connectivity index (χ4v) is 3.21. The predicted molar refractivity (Wildman–Crippen MR) is 75.5 cm³/mol. The first-order chi connectivity index (χ1) is 9.46. The first-order valence-corrected chi connectivity index (χ1v) is 7.10. The van der Waals surface area contributed by atoms with E-state index in [-0.39, 0.29) is 29.6 Å². The molecule has 0 aromatic heterocycles. The van der Waals surface area contributed by atoms with E-state index in [0.29, 0.717) is 6.54 Å². The van der Waals surface area contributed by atoms with Gasteiger partial charge in [0.05, 0.1) is 19.0 Å². The Morgan fingerprint density at radius 2 is 1.90 bits per heavy atom. The van der Waals surface area contributed by atoms with Gasteiger partial charge in [0, 0.05) is 6.54 Å². The van der Waals surface area contributed by atoms with E-state index in [9.17, 15) is 9.59 Å². The third kappa shape index (κ3) is 2.36. The zero-order valence-electron chi connectivity index (χ0n) is 12.0. The summed E-state index contributed by atoms with van der Waals surface area (Å²) in [7, 11) is 0. The molecule has 0 bridgehead atoms. The van der Waals surface area contributed by atoms with Crippen LogP contribution in [0.1, 0.15) is 32.3 Å². The van der Waals surface area contributed by atoms with Gasteiger partial charge >= 0.3 is 0 Å². The average molecular weight is 272 g/mol. The van der Waals surface area contributed by atoms with Crippen LogP contribution < -0.4 is 0 Å². The smallest absolute Gasteiger partial charge is 0.244 e. The lowest BCUT2D eigenvalue weighted by Crippen LogP contribution is -2.56. The van der Waals surface area contributed by atoms with Gasteiger partial charge in [-0.15, -0.1) is 0 Å². The van der Waals surface area contributed by atoms with E-state index in [2.05, 4.69) is 13.8 Å². The molecule has 0 spiro atoms. The quantitative estimate of drug-likeness (QED) is 0.773. The van der Waals surface area contributed by atoms with Crippen molar-refractivity contribution in [2.45, 2.75) is 39.3 Å². The SMILES string of the molecule is CC1(C)C[C@H]2C(=O)CC(=O)N(Cc3ccccc3)N2C1. The second-order valence-corrected chi connectivity index (χ2v) is 6.56. The Hall–Kier alpha value is -1.68. The maximum Gasteiger partial charge on any atom is 0.244 e. The summed E-state index contributed by atoms with van der Waals surface area (Å²) in [6.07, 6.45) is 0.883. The van der Waals surface area contributed by atoms with Crippen LogP contribution in [0.4, 0.5) is 0 Å². The predicted octanol–water partition coefficient (Wildman–Crippen LogP) is 2.00. The van der Waals surface area contributed by atoms with E-state index >= 15 is 0 Å². The molecule has 3 rings (SSSR count). The highest BCUT2D eigenvalue weighted by Crippen LogP contribution is 2.38. The topological polar surface area (TPSA) is 40.6 Å². The van der Waals surface area contributed by atoms with E-state index in [1.54, 1.807) is 5.01 Å². The van der Waals surface area contributed by atoms with Crippen molar-refractivity contribution in [3.05, 3.63) is 35.9 Å². The highest BCUT2D eigenvalue weighted by Gasteiger charge is 2.48. The Kier molecular flexibility index (Phi) is 3.13. The maximum atomic E-state index is 12.2. The fraction of sp³-hybridized carbons (Fsp3) is 0.500. The molecule has 1 amide bonds. The Morgan fingerprint density at radius 1 is 1.20 bits per heavy atom. The number of Topliss-reactive ketones (excluding diaryl/α,β-unsaturated/α-hetero) is 1. The third-order valence-electron chi connectivity index (χ3n) is 4.17. The molecule has 4 heteroatoms. The number of ketones is 1. The molecule has 2 saturated heterocycles. The number of hydrogen-bond donors (Lipinski definition) is 0. The number of carbonyl (C=O) groups excluding carboxylic acids is 2. The van der Waals surface area contributed by atoms with Gasteiger partial charge in [0.1, 0.15) is 0 Å². The van der Waals surface area contributed by atoms with Crippen LogP contribution in [-0.2, 0) is 16.1 Å². The molecule has 0 radical (unpaired) electrons. The number of carbonyl (C=O) groups is 2. The number of hydrogen-bond acceptors (Lipinski definition) is 3. The molecule has 2 heterocycles. The van der Waals surface area contributed by atoms with Crippen LogP contribution in [0.3, 0.4) is 0 Å². The Morgan fingerprint density at radius 3 is 2.60 bits per heavy atom. The first-order valence-electron chi connectivity index (χ1n) is 7.10. The van der Waals surface area contributed by atoms with Gasteiger partial charge in [0.2, 0.25) is 5.91 Å². The van der Waals surface area contributed by atoms with Crippen molar-refractivity contribution in [2.24, 2.45) is 5.41 Å². The second kappa shape index (κ2) is 4.70. The molecule has 2 fully saturated rings. The summed E-state index contributed by atoms with van der Waals surface area (Å²) in [6.45, 7) is 5.63. The summed E-state index contributed by atoms with van der Waals surface area (Å²) in [5.41, 5.74) is 1.18. The maximum absolute atomic E-state index is 12.2. The number of hydrazine groups is 1. The molecule has 0 N–H and O–H groups in total. The van der Waals surface area contributed by atoms with Gasteiger partial charge in [0.25, 0.3) is 0 Å². The minimum atomic E-state index is -0.119. The van der Waals surface area contributed by atoms with Crippen molar-refractivity contribution >= 4 is 11.7 Å². The summed E-state index contributed by atoms with van der Waals surface area (Å²) in [5.74, 6) is -0.00214. The van der Waals surface area contributed by atoms with Gasteiger partial charge in [-0.25, -0.2) is 5.01 Å². The van der Waals surface area contributed by atoms with Gasteiger partial charge in [-0.05, 0) is 17.4 Å². The molecule has 106 valence electrons. The van der Waals surface area contributed by atoms with Crippen LogP contribution in [0.5, 0.6) is 0 Å². The molecule has 0 unspecified atom stereocenters. The Bertz CT molecular complexity index is 539. The van der Waals surface area contributed by atoms with Crippen molar-refractivity contribution in [1.82, 2.24) is 10.0 Å². The molecule has 20 heavy (non-hydrogen) atoms. The van der Waals surface area contributed by atoms with E-state index in [4.69, 9.17) is 0 Å². The van der Waals surface area contributed by atoms with Crippen LogP contribution in [0.15, 0.2) is 30.3 Å². The second-order valence-electron chi connectivity index (χ2n) is 6.56. The van der Waals surface area contributed by atoms with Crippen LogP contribution in [-0.4, -0.2) is 34.3 Å². The Balaban J connectivity index is 1.85. The van der Waals surface area contributed by atoms with Gasteiger partial charge in [-0.1, -0.05) is 44.2 Å². The van der Waals surface area contributed by atoms with E-state index in [0.717, 1.165) is 18.5 Å².